The molecule has 0 saturated carbocycles. The second-order valence-electron chi connectivity index (χ2n) is 9.16. The van der Waals surface area contributed by atoms with E-state index in [0.717, 1.165) is 12.8 Å². The normalized spacial score (nSPS) is 11.5. The van der Waals surface area contributed by atoms with Crippen molar-refractivity contribution in [1.82, 2.24) is 9.80 Å². The third-order valence-electron chi connectivity index (χ3n) is 4.67. The fraction of sp³-hybridized carbons (Fsp3) is 0.423. The maximum Gasteiger partial charge on any atom is 0.410 e. The first-order valence-electron chi connectivity index (χ1n) is 11.1. The van der Waals surface area contributed by atoms with Gasteiger partial charge in [-0.25, -0.2) is 9.18 Å². The molecule has 0 unspecified atom stereocenters. The van der Waals surface area contributed by atoms with Gasteiger partial charge in [0.2, 0.25) is 0 Å². The summed E-state index contributed by atoms with van der Waals surface area (Å²) in [6.07, 6.45) is 2.78. The summed E-state index contributed by atoms with van der Waals surface area (Å²) in [7, 11) is 3.55. The smallest absolute Gasteiger partial charge is 0.410 e. The van der Waals surface area contributed by atoms with Crippen LogP contribution < -0.4 is 0 Å². The second kappa shape index (κ2) is 11.6. The van der Waals surface area contributed by atoms with E-state index in [9.17, 15) is 9.59 Å². The first kappa shape index (κ1) is 26.0. The summed E-state index contributed by atoms with van der Waals surface area (Å²) in [4.78, 5) is 32.0. The van der Waals surface area contributed by atoms with Gasteiger partial charge in [-0.3, -0.25) is 4.79 Å². The summed E-state index contributed by atoms with van der Waals surface area (Å²) in [6, 6.07) is 11.6. The van der Waals surface area contributed by atoms with Crippen LogP contribution in [0.25, 0.3) is 11.1 Å². The maximum absolute atomic E-state index is 15.0. The van der Waals surface area contributed by atoms with E-state index >= 15 is 4.39 Å². The standard InChI is InChI=1S/C26H34FN3O3/c1-7-8-14-30(25(32)33-26(2,3)4)17-19-12-13-22(23(27)15-19)20-10-9-11-21(16-20)24(31)28-18-29(5)6/h9-13,15-16,18H,7-8,14,17H2,1-6H3. The Hall–Kier alpha value is -3.22. The molecule has 2 rings (SSSR count). The molecule has 0 heterocycles. The molecule has 0 N–H and O–H groups in total. The number of rotatable bonds is 8. The Morgan fingerprint density at radius 2 is 1.85 bits per heavy atom. The lowest BCUT2D eigenvalue weighted by molar-refractivity contribution is 0.0231. The molecule has 0 saturated heterocycles. The highest BCUT2D eigenvalue weighted by molar-refractivity contribution is 5.99. The molecule has 0 spiro atoms. The van der Waals surface area contributed by atoms with Crippen LogP contribution in [0.4, 0.5) is 9.18 Å². The van der Waals surface area contributed by atoms with E-state index in [1.807, 2.05) is 27.7 Å². The fourth-order valence-electron chi connectivity index (χ4n) is 3.08. The molecule has 0 radical (unpaired) electrons. The van der Waals surface area contributed by atoms with E-state index in [2.05, 4.69) is 4.99 Å². The molecule has 0 fully saturated rings. The fourth-order valence-corrected chi connectivity index (χ4v) is 3.08. The number of benzene rings is 2. The summed E-state index contributed by atoms with van der Waals surface area (Å²) in [5.74, 6) is -0.819. The molecule has 2 aromatic rings. The SMILES string of the molecule is CCCCN(Cc1ccc(-c2cccc(C(=O)N=CN(C)C)c2)c(F)c1)C(=O)OC(C)(C)C. The van der Waals surface area contributed by atoms with E-state index in [4.69, 9.17) is 4.74 Å². The Labute approximate surface area is 196 Å². The number of aliphatic imine (C=N–C) groups is 1. The number of ether oxygens (including phenoxy) is 1. The van der Waals surface area contributed by atoms with E-state index in [0.29, 0.717) is 28.8 Å². The molecular formula is C26H34FN3O3. The second-order valence-corrected chi connectivity index (χ2v) is 9.16. The van der Waals surface area contributed by atoms with Crippen LogP contribution in [0, 0.1) is 5.82 Å². The molecule has 178 valence electrons. The molecule has 0 aliphatic carbocycles. The zero-order valence-corrected chi connectivity index (χ0v) is 20.4. The lowest BCUT2D eigenvalue weighted by atomic mass is 10.0. The molecule has 0 aliphatic heterocycles. The Morgan fingerprint density at radius 1 is 1.12 bits per heavy atom. The zero-order valence-electron chi connectivity index (χ0n) is 20.4. The third-order valence-corrected chi connectivity index (χ3v) is 4.67. The Morgan fingerprint density at radius 3 is 2.45 bits per heavy atom. The largest absolute Gasteiger partial charge is 0.444 e. The molecular weight excluding hydrogens is 421 g/mol. The first-order valence-corrected chi connectivity index (χ1v) is 11.1. The van der Waals surface area contributed by atoms with Gasteiger partial charge in [0.15, 0.2) is 0 Å². The van der Waals surface area contributed by atoms with Crippen molar-refractivity contribution >= 4 is 18.3 Å². The molecule has 33 heavy (non-hydrogen) atoms. The van der Waals surface area contributed by atoms with Crippen molar-refractivity contribution in [3.8, 4) is 11.1 Å². The van der Waals surface area contributed by atoms with Crippen molar-refractivity contribution in [3.63, 3.8) is 0 Å². The van der Waals surface area contributed by atoms with Gasteiger partial charge in [0.05, 0.1) is 6.34 Å². The van der Waals surface area contributed by atoms with Crippen LogP contribution in [0.5, 0.6) is 0 Å². The molecule has 2 aromatic carbocycles. The molecule has 2 amide bonds. The topological polar surface area (TPSA) is 62.2 Å². The maximum atomic E-state index is 15.0. The van der Waals surface area contributed by atoms with Crippen molar-refractivity contribution in [2.24, 2.45) is 4.99 Å². The quantitative estimate of drug-likeness (QED) is 0.375. The minimum atomic E-state index is -0.601. The average molecular weight is 456 g/mol. The monoisotopic (exact) mass is 455 g/mol. The summed E-state index contributed by atoms with van der Waals surface area (Å²) >= 11 is 0. The van der Waals surface area contributed by atoms with Gasteiger partial charge < -0.3 is 14.5 Å². The van der Waals surface area contributed by atoms with Gasteiger partial charge in [0, 0.05) is 38.3 Å². The van der Waals surface area contributed by atoms with Crippen molar-refractivity contribution in [1.29, 1.82) is 0 Å². The average Bonchev–Trinajstić information content (AvgIpc) is 2.73. The first-order chi connectivity index (χ1) is 15.5. The lowest BCUT2D eigenvalue weighted by Crippen LogP contribution is -2.37. The van der Waals surface area contributed by atoms with Crippen molar-refractivity contribution in [2.45, 2.75) is 52.7 Å². The molecule has 7 heteroatoms. The number of halogens is 1. The van der Waals surface area contributed by atoms with Crippen LogP contribution in [-0.4, -0.2) is 54.4 Å². The highest BCUT2D eigenvalue weighted by Gasteiger charge is 2.22. The molecule has 0 aromatic heterocycles. The predicted molar refractivity (Wildman–Crippen MR) is 130 cm³/mol. The van der Waals surface area contributed by atoms with Crippen molar-refractivity contribution in [3.05, 3.63) is 59.4 Å². The summed E-state index contributed by atoms with van der Waals surface area (Å²) < 4.78 is 20.6. The molecule has 0 aliphatic rings. The minimum absolute atomic E-state index is 0.254. The van der Waals surface area contributed by atoms with Gasteiger partial charge in [-0.2, -0.15) is 4.99 Å². The number of carbonyl (C=O) groups excluding carboxylic acids is 2. The molecule has 0 atom stereocenters. The molecule has 6 nitrogen and oxygen atoms in total. The summed E-state index contributed by atoms with van der Waals surface area (Å²) in [5, 5.41) is 0. The molecule has 0 bridgehead atoms. The number of nitrogens with zero attached hydrogens (tertiary/aromatic N) is 3. The number of hydrogen-bond donors (Lipinski definition) is 0. The summed E-state index contributed by atoms with van der Waals surface area (Å²) in [6.45, 7) is 8.30. The minimum Gasteiger partial charge on any atom is -0.444 e. The van der Waals surface area contributed by atoms with Gasteiger partial charge >= 0.3 is 6.09 Å². The highest BCUT2D eigenvalue weighted by atomic mass is 19.1. The summed E-state index contributed by atoms with van der Waals surface area (Å²) in [5.41, 5.74) is 1.41. The lowest BCUT2D eigenvalue weighted by Gasteiger charge is -2.27. The van der Waals surface area contributed by atoms with Crippen LogP contribution in [-0.2, 0) is 11.3 Å². The highest BCUT2D eigenvalue weighted by Crippen LogP contribution is 2.26. The van der Waals surface area contributed by atoms with E-state index in [-0.39, 0.29) is 6.54 Å². The van der Waals surface area contributed by atoms with E-state index < -0.39 is 23.4 Å². The third kappa shape index (κ3) is 8.33. The van der Waals surface area contributed by atoms with Gasteiger partial charge in [-0.15, -0.1) is 0 Å². The zero-order chi connectivity index (χ0) is 24.6. The van der Waals surface area contributed by atoms with Gasteiger partial charge in [0.25, 0.3) is 5.91 Å². The van der Waals surface area contributed by atoms with Crippen molar-refractivity contribution in [2.75, 3.05) is 20.6 Å². The number of hydrogen-bond acceptors (Lipinski definition) is 3. The van der Waals surface area contributed by atoms with Crippen LogP contribution in [0.3, 0.4) is 0 Å². The van der Waals surface area contributed by atoms with E-state index in [1.165, 1.54) is 12.4 Å². The van der Waals surface area contributed by atoms with Gasteiger partial charge in [0.1, 0.15) is 11.4 Å². The van der Waals surface area contributed by atoms with Crippen LogP contribution in [0.1, 0.15) is 56.5 Å². The number of unbranched alkanes of at least 4 members (excludes halogenated alkanes) is 1. The van der Waals surface area contributed by atoms with E-state index in [1.54, 1.807) is 60.3 Å². The number of carbonyl (C=O) groups is 2. The Kier molecular flexibility index (Phi) is 9.14. The predicted octanol–water partition coefficient (Wildman–Crippen LogP) is 5.76. The van der Waals surface area contributed by atoms with Gasteiger partial charge in [-0.1, -0.05) is 37.6 Å². The van der Waals surface area contributed by atoms with Crippen molar-refractivity contribution < 1.29 is 18.7 Å². The van der Waals surface area contributed by atoms with Crippen LogP contribution >= 0.6 is 0 Å². The number of amides is 2. The Balaban J connectivity index is 2.24. The van der Waals surface area contributed by atoms with Gasteiger partial charge in [-0.05, 0) is 56.5 Å². The van der Waals surface area contributed by atoms with Crippen LogP contribution in [0.2, 0.25) is 0 Å². The van der Waals surface area contributed by atoms with Crippen LogP contribution in [0.15, 0.2) is 47.5 Å². The Bertz CT molecular complexity index is 997.